The van der Waals surface area contributed by atoms with Crippen LogP contribution in [0.4, 0.5) is 13.6 Å². The first-order chi connectivity index (χ1) is 14.5. The average Bonchev–Trinajstić information content (AvgIpc) is 3.05. The zero-order valence-corrected chi connectivity index (χ0v) is 17.3. The molecule has 1 aliphatic carbocycles. The Morgan fingerprint density at radius 2 is 1.67 bits per heavy atom. The molecule has 0 aromatic heterocycles. The van der Waals surface area contributed by atoms with Crippen LogP contribution in [0.3, 0.4) is 0 Å². The molecule has 0 saturated carbocycles. The standard InChI is InChI=1S/C24H16BrF2NO2/c25-22-12-15(26)13-23(27)20(22)10-5-11-28-24(29)30-14-21-18-8-3-1-6-16(18)17-7-2-4-9-19(17)21/h1-4,6-9,12-13,21H,11,14H2,(H,28,29). The monoisotopic (exact) mass is 467 g/mol. The van der Waals surface area contributed by atoms with E-state index in [4.69, 9.17) is 4.74 Å². The van der Waals surface area contributed by atoms with E-state index in [1.165, 1.54) is 0 Å². The summed E-state index contributed by atoms with van der Waals surface area (Å²) in [7, 11) is 0. The van der Waals surface area contributed by atoms with Crippen molar-refractivity contribution in [3.63, 3.8) is 0 Å². The van der Waals surface area contributed by atoms with Crippen LogP contribution in [0.15, 0.2) is 65.1 Å². The van der Waals surface area contributed by atoms with Crippen molar-refractivity contribution >= 4 is 22.0 Å². The number of ether oxygens (including phenoxy) is 1. The van der Waals surface area contributed by atoms with E-state index in [2.05, 4.69) is 45.2 Å². The summed E-state index contributed by atoms with van der Waals surface area (Å²) in [6, 6.07) is 18.0. The first-order valence-electron chi connectivity index (χ1n) is 9.27. The van der Waals surface area contributed by atoms with Crippen molar-refractivity contribution in [1.29, 1.82) is 0 Å². The molecular weight excluding hydrogens is 452 g/mol. The van der Waals surface area contributed by atoms with E-state index >= 15 is 0 Å². The first kappa shape index (κ1) is 20.1. The minimum absolute atomic E-state index is 0.0278. The quantitative estimate of drug-likeness (QED) is 0.507. The predicted octanol–water partition coefficient (Wildman–Crippen LogP) is 5.62. The summed E-state index contributed by atoms with van der Waals surface area (Å²) in [5.74, 6) is 3.73. The van der Waals surface area contributed by atoms with Crippen LogP contribution in [-0.2, 0) is 4.74 Å². The van der Waals surface area contributed by atoms with Gasteiger partial charge >= 0.3 is 6.09 Å². The Labute approximate surface area is 181 Å². The molecule has 1 amide bonds. The predicted molar refractivity (Wildman–Crippen MR) is 114 cm³/mol. The molecule has 0 atom stereocenters. The van der Waals surface area contributed by atoms with Gasteiger partial charge in [-0.2, -0.15) is 0 Å². The van der Waals surface area contributed by atoms with Crippen molar-refractivity contribution in [1.82, 2.24) is 5.32 Å². The number of rotatable bonds is 3. The van der Waals surface area contributed by atoms with Crippen molar-refractivity contribution in [2.45, 2.75) is 5.92 Å². The van der Waals surface area contributed by atoms with E-state index in [-0.39, 0.29) is 29.1 Å². The Bertz CT molecular complexity index is 1110. The fraction of sp³-hybridized carbons (Fsp3) is 0.125. The van der Waals surface area contributed by atoms with Gasteiger partial charge in [-0.3, -0.25) is 0 Å². The van der Waals surface area contributed by atoms with Crippen LogP contribution in [0.2, 0.25) is 0 Å². The molecule has 0 aliphatic heterocycles. The summed E-state index contributed by atoms with van der Waals surface area (Å²) in [6.07, 6.45) is -0.607. The molecule has 0 saturated heterocycles. The SMILES string of the molecule is O=C(NCC#Cc1c(F)cc(F)cc1Br)OCC1c2ccccc2-c2ccccc21. The highest BCUT2D eigenvalue weighted by Crippen LogP contribution is 2.44. The van der Waals surface area contributed by atoms with Gasteiger partial charge in [-0.05, 0) is 44.3 Å². The summed E-state index contributed by atoms with van der Waals surface area (Å²) in [5.41, 5.74) is 4.59. The number of alkyl carbamates (subject to hydrolysis) is 1. The van der Waals surface area contributed by atoms with Gasteiger partial charge in [0.1, 0.15) is 18.2 Å². The third kappa shape index (κ3) is 4.07. The zero-order chi connectivity index (χ0) is 21.1. The van der Waals surface area contributed by atoms with E-state index in [0.29, 0.717) is 0 Å². The molecular formula is C24H16BrF2NO2. The van der Waals surface area contributed by atoms with E-state index in [0.717, 1.165) is 34.4 Å². The Morgan fingerprint density at radius 1 is 1.03 bits per heavy atom. The molecule has 1 aliphatic rings. The van der Waals surface area contributed by atoms with Gasteiger partial charge in [-0.15, -0.1) is 0 Å². The van der Waals surface area contributed by atoms with E-state index in [1.807, 2.05) is 36.4 Å². The number of fused-ring (bicyclic) bond motifs is 3. The highest BCUT2D eigenvalue weighted by Gasteiger charge is 2.28. The summed E-state index contributed by atoms with van der Waals surface area (Å²) >= 11 is 3.07. The Kier molecular flexibility index (Phi) is 5.82. The van der Waals surface area contributed by atoms with Crippen molar-refractivity contribution in [3.05, 3.63) is 93.5 Å². The average molecular weight is 468 g/mol. The van der Waals surface area contributed by atoms with Gasteiger partial charge in [0.2, 0.25) is 0 Å². The highest BCUT2D eigenvalue weighted by molar-refractivity contribution is 9.10. The summed E-state index contributed by atoms with van der Waals surface area (Å²) in [4.78, 5) is 12.1. The second-order valence-electron chi connectivity index (χ2n) is 6.73. The number of benzene rings is 3. The Balaban J connectivity index is 1.37. The molecule has 150 valence electrons. The molecule has 0 unspecified atom stereocenters. The molecule has 0 radical (unpaired) electrons. The highest BCUT2D eigenvalue weighted by atomic mass is 79.9. The largest absolute Gasteiger partial charge is 0.449 e. The van der Waals surface area contributed by atoms with Crippen molar-refractivity contribution in [2.75, 3.05) is 13.2 Å². The number of nitrogens with one attached hydrogen (secondary N) is 1. The van der Waals surface area contributed by atoms with Crippen LogP contribution in [-0.4, -0.2) is 19.2 Å². The Morgan fingerprint density at radius 3 is 2.30 bits per heavy atom. The van der Waals surface area contributed by atoms with Crippen LogP contribution in [0, 0.1) is 23.5 Å². The molecule has 1 N–H and O–H groups in total. The second kappa shape index (κ2) is 8.68. The molecule has 0 fully saturated rings. The van der Waals surface area contributed by atoms with E-state index < -0.39 is 17.7 Å². The summed E-state index contributed by atoms with van der Waals surface area (Å²) in [6.45, 7) is 0.172. The zero-order valence-electron chi connectivity index (χ0n) is 15.7. The molecule has 0 spiro atoms. The Hall–Kier alpha value is -3.17. The molecule has 30 heavy (non-hydrogen) atoms. The maximum Gasteiger partial charge on any atom is 0.407 e. The van der Waals surface area contributed by atoms with Crippen LogP contribution >= 0.6 is 15.9 Å². The molecule has 0 heterocycles. The van der Waals surface area contributed by atoms with Crippen LogP contribution in [0.1, 0.15) is 22.6 Å². The first-order valence-corrected chi connectivity index (χ1v) is 10.1. The maximum atomic E-state index is 13.7. The van der Waals surface area contributed by atoms with Gasteiger partial charge in [0.25, 0.3) is 0 Å². The van der Waals surface area contributed by atoms with Gasteiger partial charge in [0, 0.05) is 16.5 Å². The third-order valence-corrected chi connectivity index (χ3v) is 5.51. The van der Waals surface area contributed by atoms with Gasteiger partial charge in [0.05, 0.1) is 12.1 Å². The number of halogens is 3. The fourth-order valence-electron chi connectivity index (χ4n) is 3.56. The molecule has 4 rings (SSSR count). The van der Waals surface area contributed by atoms with Gasteiger partial charge in [-0.25, -0.2) is 13.6 Å². The van der Waals surface area contributed by atoms with Crippen LogP contribution in [0.5, 0.6) is 0 Å². The number of hydrogen-bond donors (Lipinski definition) is 1. The normalized spacial score (nSPS) is 11.8. The summed E-state index contributed by atoms with van der Waals surface area (Å²) < 4.78 is 32.5. The third-order valence-electron chi connectivity index (χ3n) is 4.89. The second-order valence-corrected chi connectivity index (χ2v) is 7.58. The summed E-state index contributed by atoms with van der Waals surface area (Å²) in [5, 5.41) is 2.53. The topological polar surface area (TPSA) is 38.3 Å². The van der Waals surface area contributed by atoms with Crippen molar-refractivity contribution in [3.8, 4) is 23.0 Å². The number of carbonyl (C=O) groups is 1. The van der Waals surface area contributed by atoms with Crippen LogP contribution < -0.4 is 5.32 Å². The molecule has 3 aromatic carbocycles. The minimum Gasteiger partial charge on any atom is -0.449 e. The number of hydrogen-bond acceptors (Lipinski definition) is 2. The van der Waals surface area contributed by atoms with Gasteiger partial charge in [-0.1, -0.05) is 60.4 Å². The minimum atomic E-state index is -0.768. The molecule has 0 bridgehead atoms. The molecule has 6 heteroatoms. The number of amides is 1. The van der Waals surface area contributed by atoms with Gasteiger partial charge < -0.3 is 10.1 Å². The maximum absolute atomic E-state index is 13.7. The lowest BCUT2D eigenvalue weighted by Crippen LogP contribution is -2.26. The van der Waals surface area contributed by atoms with E-state index in [1.54, 1.807) is 0 Å². The smallest absolute Gasteiger partial charge is 0.407 e. The number of carbonyl (C=O) groups excluding carboxylic acids is 1. The molecule has 3 nitrogen and oxygen atoms in total. The van der Waals surface area contributed by atoms with Crippen molar-refractivity contribution in [2.24, 2.45) is 0 Å². The molecule has 3 aromatic rings. The van der Waals surface area contributed by atoms with Crippen molar-refractivity contribution < 1.29 is 18.3 Å². The van der Waals surface area contributed by atoms with Crippen LogP contribution in [0.25, 0.3) is 11.1 Å². The fourth-order valence-corrected chi connectivity index (χ4v) is 4.07. The van der Waals surface area contributed by atoms with Gasteiger partial charge in [0.15, 0.2) is 0 Å². The lowest BCUT2D eigenvalue weighted by atomic mass is 9.98. The van der Waals surface area contributed by atoms with E-state index in [9.17, 15) is 13.6 Å². The lowest BCUT2D eigenvalue weighted by Gasteiger charge is -2.14. The lowest BCUT2D eigenvalue weighted by molar-refractivity contribution is 0.144.